The molecule has 2 fully saturated rings. The largest absolute Gasteiger partial charge is 0.388 e. The molecule has 1 aliphatic heterocycles. The van der Waals surface area contributed by atoms with Crippen molar-refractivity contribution in [1.82, 2.24) is 10.2 Å². The van der Waals surface area contributed by atoms with Crippen LogP contribution in [0, 0.1) is 5.92 Å². The van der Waals surface area contributed by atoms with Gasteiger partial charge in [0.05, 0.1) is 11.5 Å². The van der Waals surface area contributed by atoms with Crippen LogP contribution >= 0.6 is 0 Å². The maximum Gasteiger partial charge on any atom is 0.314 e. The Morgan fingerprint density at radius 2 is 1.95 bits per heavy atom. The highest BCUT2D eigenvalue weighted by atomic mass is 16.3. The smallest absolute Gasteiger partial charge is 0.314 e. The Labute approximate surface area is 119 Å². The van der Waals surface area contributed by atoms with Gasteiger partial charge in [-0.2, -0.15) is 0 Å². The van der Waals surface area contributed by atoms with Crippen molar-refractivity contribution < 1.29 is 14.7 Å². The Kier molecular flexibility index (Phi) is 4.86. The van der Waals surface area contributed by atoms with Crippen LogP contribution in [-0.4, -0.2) is 47.2 Å². The Morgan fingerprint density at radius 1 is 1.25 bits per heavy atom. The molecule has 1 saturated heterocycles. The quantitative estimate of drug-likeness (QED) is 0.707. The summed E-state index contributed by atoms with van der Waals surface area (Å²) in [6, 6.07) is -0.464. The minimum Gasteiger partial charge on any atom is -0.388 e. The molecule has 0 aromatic rings. The molecule has 1 unspecified atom stereocenters. The van der Waals surface area contributed by atoms with E-state index in [2.05, 4.69) is 5.32 Å². The van der Waals surface area contributed by atoms with E-state index in [1.165, 1.54) is 4.90 Å². The van der Waals surface area contributed by atoms with Crippen LogP contribution in [0.1, 0.15) is 44.9 Å². The predicted molar refractivity (Wildman–Crippen MR) is 74.9 cm³/mol. The summed E-state index contributed by atoms with van der Waals surface area (Å²) < 4.78 is 0. The first-order chi connectivity index (χ1) is 9.50. The molecule has 0 bridgehead atoms. The average Bonchev–Trinajstić information content (AvgIpc) is 2.46. The summed E-state index contributed by atoms with van der Waals surface area (Å²) in [5.74, 6) is -0.279. The summed E-state index contributed by atoms with van der Waals surface area (Å²) in [5.41, 5.74) is 4.51. The van der Waals surface area contributed by atoms with E-state index in [4.69, 9.17) is 5.73 Å². The van der Waals surface area contributed by atoms with Gasteiger partial charge in [-0.1, -0.05) is 19.3 Å². The lowest BCUT2D eigenvalue weighted by Gasteiger charge is -2.34. The zero-order valence-electron chi connectivity index (χ0n) is 11.9. The second-order valence-corrected chi connectivity index (χ2v) is 6.13. The zero-order chi connectivity index (χ0) is 14.6. The third-order valence-corrected chi connectivity index (χ3v) is 4.48. The van der Waals surface area contributed by atoms with Crippen LogP contribution in [0.2, 0.25) is 0 Å². The van der Waals surface area contributed by atoms with E-state index in [1.54, 1.807) is 0 Å². The molecule has 0 radical (unpaired) electrons. The summed E-state index contributed by atoms with van der Waals surface area (Å²) in [4.78, 5) is 24.8. The molecule has 4 N–H and O–H groups in total. The van der Waals surface area contributed by atoms with Crippen molar-refractivity contribution in [3.05, 3.63) is 0 Å². The third kappa shape index (κ3) is 3.85. The zero-order valence-corrected chi connectivity index (χ0v) is 11.9. The fraction of sp³-hybridized carbons (Fsp3) is 0.857. The van der Waals surface area contributed by atoms with Crippen molar-refractivity contribution in [2.24, 2.45) is 11.7 Å². The normalized spacial score (nSPS) is 26.1. The lowest BCUT2D eigenvalue weighted by molar-refractivity contribution is -0.127. The Morgan fingerprint density at radius 3 is 2.60 bits per heavy atom. The van der Waals surface area contributed by atoms with Crippen molar-refractivity contribution in [3.63, 3.8) is 0 Å². The maximum absolute atomic E-state index is 12.2. The predicted octanol–water partition coefficient (Wildman–Crippen LogP) is 0.588. The van der Waals surface area contributed by atoms with Gasteiger partial charge in [0, 0.05) is 19.6 Å². The second kappa shape index (κ2) is 6.43. The van der Waals surface area contributed by atoms with Gasteiger partial charge in [-0.05, 0) is 25.7 Å². The molecule has 6 nitrogen and oxygen atoms in total. The summed E-state index contributed by atoms with van der Waals surface area (Å²) in [6.07, 6.45) is 6.28. The van der Waals surface area contributed by atoms with Crippen molar-refractivity contribution in [2.75, 3.05) is 19.6 Å². The van der Waals surface area contributed by atoms with Crippen LogP contribution in [0.4, 0.5) is 4.79 Å². The number of aliphatic hydroxyl groups is 1. The standard InChI is InChI=1S/C14H25N3O3/c15-13(19)17-8-4-5-11(9-17)12(18)16-10-14(20)6-2-1-3-7-14/h11,20H,1-10H2,(H2,15,19)(H,16,18). The van der Waals surface area contributed by atoms with Crippen molar-refractivity contribution in [1.29, 1.82) is 0 Å². The summed E-state index contributed by atoms with van der Waals surface area (Å²) in [6.45, 7) is 1.33. The number of carbonyl (C=O) groups excluding carboxylic acids is 2. The van der Waals surface area contributed by atoms with Gasteiger partial charge in [0.2, 0.25) is 5.91 Å². The molecule has 0 aromatic heterocycles. The van der Waals surface area contributed by atoms with Gasteiger partial charge >= 0.3 is 6.03 Å². The number of nitrogens with zero attached hydrogens (tertiary/aromatic N) is 1. The van der Waals surface area contributed by atoms with E-state index >= 15 is 0 Å². The number of carbonyl (C=O) groups is 2. The number of nitrogens with two attached hydrogens (primary N) is 1. The Hall–Kier alpha value is -1.30. The van der Waals surface area contributed by atoms with Gasteiger partial charge in [-0.3, -0.25) is 4.79 Å². The number of nitrogens with one attached hydrogen (secondary N) is 1. The third-order valence-electron chi connectivity index (χ3n) is 4.48. The lowest BCUT2D eigenvalue weighted by atomic mass is 9.84. The summed E-state index contributed by atoms with van der Waals surface area (Å²) >= 11 is 0. The van der Waals surface area contributed by atoms with E-state index in [0.717, 1.165) is 44.9 Å². The van der Waals surface area contributed by atoms with Gasteiger partial charge in [0.15, 0.2) is 0 Å². The van der Waals surface area contributed by atoms with Crippen LogP contribution in [0.3, 0.4) is 0 Å². The molecule has 114 valence electrons. The highest BCUT2D eigenvalue weighted by Gasteiger charge is 2.32. The fourth-order valence-electron chi connectivity index (χ4n) is 3.17. The summed E-state index contributed by atoms with van der Waals surface area (Å²) in [5, 5.41) is 13.2. The SMILES string of the molecule is NC(=O)N1CCCC(C(=O)NCC2(O)CCCCC2)C1. The molecule has 1 saturated carbocycles. The van der Waals surface area contributed by atoms with Gasteiger partial charge < -0.3 is 21.1 Å². The number of hydrogen-bond donors (Lipinski definition) is 3. The fourth-order valence-corrected chi connectivity index (χ4v) is 3.17. The topological polar surface area (TPSA) is 95.7 Å². The molecule has 0 aromatic carbocycles. The van der Waals surface area contributed by atoms with Crippen LogP contribution in [-0.2, 0) is 4.79 Å². The molecule has 0 spiro atoms. The molecule has 1 aliphatic carbocycles. The van der Waals surface area contributed by atoms with Crippen LogP contribution in [0.25, 0.3) is 0 Å². The van der Waals surface area contributed by atoms with Crippen LogP contribution in [0.15, 0.2) is 0 Å². The van der Waals surface area contributed by atoms with Gasteiger partial charge in [-0.15, -0.1) is 0 Å². The van der Waals surface area contributed by atoms with Gasteiger partial charge in [0.25, 0.3) is 0 Å². The van der Waals surface area contributed by atoms with Crippen LogP contribution < -0.4 is 11.1 Å². The van der Waals surface area contributed by atoms with E-state index in [0.29, 0.717) is 19.6 Å². The second-order valence-electron chi connectivity index (χ2n) is 6.13. The average molecular weight is 283 g/mol. The van der Waals surface area contributed by atoms with Crippen molar-refractivity contribution in [3.8, 4) is 0 Å². The highest BCUT2D eigenvalue weighted by Crippen LogP contribution is 2.27. The minimum atomic E-state index is -0.744. The molecule has 6 heteroatoms. The van der Waals surface area contributed by atoms with Gasteiger partial charge in [-0.25, -0.2) is 4.79 Å². The first kappa shape index (κ1) is 15.1. The molecule has 3 amide bonds. The van der Waals surface area contributed by atoms with E-state index in [9.17, 15) is 14.7 Å². The lowest BCUT2D eigenvalue weighted by Crippen LogP contribution is -2.50. The van der Waals surface area contributed by atoms with Crippen molar-refractivity contribution >= 4 is 11.9 Å². The number of rotatable bonds is 3. The van der Waals surface area contributed by atoms with E-state index in [1.807, 2.05) is 0 Å². The summed E-state index contributed by atoms with van der Waals surface area (Å²) in [7, 11) is 0. The van der Waals surface area contributed by atoms with E-state index in [-0.39, 0.29) is 11.8 Å². The molecule has 1 heterocycles. The number of hydrogen-bond acceptors (Lipinski definition) is 3. The molecule has 1 atom stereocenters. The van der Waals surface area contributed by atoms with Crippen molar-refractivity contribution in [2.45, 2.75) is 50.5 Å². The number of primary amides is 1. The van der Waals surface area contributed by atoms with Crippen LogP contribution in [0.5, 0.6) is 0 Å². The first-order valence-electron chi connectivity index (χ1n) is 7.55. The van der Waals surface area contributed by atoms with Gasteiger partial charge in [0.1, 0.15) is 0 Å². The molecular formula is C14H25N3O3. The minimum absolute atomic E-state index is 0.0741. The van der Waals surface area contributed by atoms with E-state index < -0.39 is 11.6 Å². The molecular weight excluding hydrogens is 258 g/mol. The molecule has 2 aliphatic rings. The number of urea groups is 1. The monoisotopic (exact) mass is 283 g/mol. The number of amides is 3. The number of likely N-dealkylation sites (tertiary alicyclic amines) is 1. The number of piperidine rings is 1. The maximum atomic E-state index is 12.2. The first-order valence-corrected chi connectivity index (χ1v) is 7.55. The highest BCUT2D eigenvalue weighted by molar-refractivity contribution is 5.80. The Balaban J connectivity index is 1.80. The molecule has 2 rings (SSSR count). The molecule has 20 heavy (non-hydrogen) atoms. The Bertz CT molecular complexity index is 367.